The molecule has 25 heavy (non-hydrogen) atoms. The van der Waals surface area contributed by atoms with Gasteiger partial charge in [0.25, 0.3) is 0 Å². The second kappa shape index (κ2) is 5.76. The van der Waals surface area contributed by atoms with E-state index in [9.17, 15) is 13.6 Å². The van der Waals surface area contributed by atoms with E-state index in [0.29, 0.717) is 29.5 Å². The maximum absolute atomic E-state index is 13.3. The van der Waals surface area contributed by atoms with E-state index in [1.807, 2.05) is 10.6 Å². The van der Waals surface area contributed by atoms with E-state index in [2.05, 4.69) is 10.2 Å². The first-order valence-electron chi connectivity index (χ1n) is 8.06. The number of nitrogens with zero attached hydrogens (tertiary/aromatic N) is 3. The molecule has 1 saturated carbocycles. The molecule has 1 aromatic carbocycles. The fraction of sp³-hybridized carbons (Fsp3) is 0.471. The number of rotatable bonds is 2. The van der Waals surface area contributed by atoms with Crippen LogP contribution >= 0.6 is 11.6 Å². The first kappa shape index (κ1) is 16.4. The Labute approximate surface area is 147 Å². The van der Waals surface area contributed by atoms with Crippen LogP contribution in [0.1, 0.15) is 36.0 Å². The molecule has 1 unspecified atom stereocenters. The maximum Gasteiger partial charge on any atom is 0.309 e. The Morgan fingerprint density at radius 1 is 1.32 bits per heavy atom. The number of aromatic nitrogens is 3. The van der Waals surface area contributed by atoms with Crippen LogP contribution < -0.4 is 0 Å². The molecule has 1 aromatic heterocycles. The molecule has 132 valence electrons. The van der Waals surface area contributed by atoms with Crippen molar-refractivity contribution in [3.05, 3.63) is 40.4 Å². The van der Waals surface area contributed by atoms with Gasteiger partial charge in [-0.3, -0.25) is 9.36 Å². The van der Waals surface area contributed by atoms with Gasteiger partial charge in [-0.2, -0.15) is 0 Å². The van der Waals surface area contributed by atoms with Gasteiger partial charge in [-0.05, 0) is 30.2 Å². The van der Waals surface area contributed by atoms with E-state index in [4.69, 9.17) is 16.3 Å². The van der Waals surface area contributed by atoms with E-state index < -0.39 is 11.8 Å². The van der Waals surface area contributed by atoms with Gasteiger partial charge in [0.1, 0.15) is 11.6 Å². The number of benzene rings is 1. The molecule has 2 aliphatic rings. The van der Waals surface area contributed by atoms with Gasteiger partial charge in [-0.15, -0.1) is 10.2 Å². The van der Waals surface area contributed by atoms with Crippen molar-refractivity contribution in [2.45, 2.75) is 37.5 Å². The fourth-order valence-electron chi connectivity index (χ4n) is 3.66. The van der Waals surface area contributed by atoms with Crippen molar-refractivity contribution in [3.8, 4) is 5.69 Å². The number of ether oxygens (including phenoxy) is 1. The van der Waals surface area contributed by atoms with Crippen LogP contribution in [0.2, 0.25) is 5.02 Å². The van der Waals surface area contributed by atoms with Crippen molar-refractivity contribution in [1.82, 2.24) is 14.8 Å². The zero-order chi connectivity index (χ0) is 17.8. The molecule has 0 N–H and O–H groups in total. The largest absolute Gasteiger partial charge is 0.469 e. The third kappa shape index (κ3) is 2.80. The number of carbonyl (C=O) groups excluding carboxylic acids is 1. The number of hydrogen-bond donors (Lipinski definition) is 0. The topological polar surface area (TPSA) is 57.0 Å². The van der Waals surface area contributed by atoms with E-state index in [-0.39, 0.29) is 24.7 Å². The molecule has 0 bridgehead atoms. The molecule has 2 aromatic rings. The summed E-state index contributed by atoms with van der Waals surface area (Å²) in [7, 11) is 1.35. The molecule has 1 atom stereocenters. The summed E-state index contributed by atoms with van der Waals surface area (Å²) in [5.74, 6) is -2.62. The third-order valence-corrected chi connectivity index (χ3v) is 5.16. The van der Waals surface area contributed by atoms with Crippen molar-refractivity contribution in [2.24, 2.45) is 5.92 Å². The Balaban J connectivity index is 1.82. The highest BCUT2D eigenvalue weighted by Gasteiger charge is 2.48. The van der Waals surface area contributed by atoms with Crippen molar-refractivity contribution < 1.29 is 18.3 Å². The molecular weight excluding hydrogens is 352 g/mol. The van der Waals surface area contributed by atoms with Gasteiger partial charge in [0, 0.05) is 30.2 Å². The van der Waals surface area contributed by atoms with Gasteiger partial charge < -0.3 is 4.74 Å². The molecule has 1 aliphatic carbocycles. The maximum atomic E-state index is 13.3. The summed E-state index contributed by atoms with van der Waals surface area (Å²) in [5, 5.41) is 8.90. The first-order chi connectivity index (χ1) is 11.9. The molecule has 1 fully saturated rings. The van der Waals surface area contributed by atoms with E-state index in [0.717, 1.165) is 11.3 Å². The molecule has 0 saturated heterocycles. The average Bonchev–Trinajstić information content (AvgIpc) is 2.87. The van der Waals surface area contributed by atoms with Crippen LogP contribution in [0.3, 0.4) is 0 Å². The number of esters is 1. The minimum atomic E-state index is -2.64. The summed E-state index contributed by atoms with van der Waals surface area (Å²) < 4.78 is 33.3. The lowest BCUT2D eigenvalue weighted by atomic mass is 9.80. The second-order valence-corrected chi connectivity index (χ2v) is 7.11. The number of hydrogen-bond acceptors (Lipinski definition) is 4. The lowest BCUT2D eigenvalue weighted by Crippen LogP contribution is -2.35. The summed E-state index contributed by atoms with van der Waals surface area (Å²) in [4.78, 5) is 12.1. The Kier molecular flexibility index (Phi) is 3.79. The van der Waals surface area contributed by atoms with Crippen molar-refractivity contribution in [3.63, 3.8) is 0 Å². The number of halogens is 3. The third-order valence-electron chi connectivity index (χ3n) is 4.92. The summed E-state index contributed by atoms with van der Waals surface area (Å²) in [6, 6.07) is 5.35. The van der Waals surface area contributed by atoms with Gasteiger partial charge in [0.05, 0.1) is 18.7 Å². The fourth-order valence-corrected chi connectivity index (χ4v) is 3.85. The predicted molar refractivity (Wildman–Crippen MR) is 86.2 cm³/mol. The molecule has 4 rings (SSSR count). The number of carbonyl (C=O) groups is 1. The highest BCUT2D eigenvalue weighted by atomic mass is 35.5. The van der Waals surface area contributed by atoms with Crippen LogP contribution in [0.25, 0.3) is 5.69 Å². The van der Waals surface area contributed by atoms with Crippen LogP contribution in [-0.2, 0) is 22.4 Å². The molecule has 2 heterocycles. The Morgan fingerprint density at radius 3 is 2.76 bits per heavy atom. The van der Waals surface area contributed by atoms with Crippen LogP contribution in [0.4, 0.5) is 8.78 Å². The summed E-state index contributed by atoms with van der Waals surface area (Å²) in [6.07, 6.45) is 0.338. The first-order valence-corrected chi connectivity index (χ1v) is 8.44. The lowest BCUT2D eigenvalue weighted by molar-refractivity contribution is -0.145. The average molecular weight is 368 g/mol. The van der Waals surface area contributed by atoms with Crippen molar-refractivity contribution >= 4 is 17.6 Å². The van der Waals surface area contributed by atoms with E-state index in [1.165, 1.54) is 7.11 Å². The quantitative estimate of drug-likeness (QED) is 0.764. The SMILES string of the molecule is COC(=O)C1Cc2cc(Cl)ccc2-n2c(nnc2C2CC(F)(F)C2)C1. The molecule has 8 heteroatoms. The van der Waals surface area contributed by atoms with Gasteiger partial charge in [0.2, 0.25) is 5.92 Å². The van der Waals surface area contributed by atoms with Gasteiger partial charge in [-0.25, -0.2) is 8.78 Å². The molecule has 1 aliphatic heterocycles. The van der Waals surface area contributed by atoms with Gasteiger partial charge in [-0.1, -0.05) is 11.6 Å². The Morgan fingerprint density at radius 2 is 2.08 bits per heavy atom. The molecule has 0 radical (unpaired) electrons. The minimum Gasteiger partial charge on any atom is -0.469 e. The van der Waals surface area contributed by atoms with Gasteiger partial charge in [0.15, 0.2) is 0 Å². The smallest absolute Gasteiger partial charge is 0.309 e. The Bertz CT molecular complexity index is 844. The summed E-state index contributed by atoms with van der Waals surface area (Å²) in [5.41, 5.74) is 1.65. The van der Waals surface area contributed by atoms with E-state index in [1.54, 1.807) is 12.1 Å². The number of fused-ring (bicyclic) bond motifs is 3. The normalized spacial score (nSPS) is 21.7. The van der Waals surface area contributed by atoms with Gasteiger partial charge >= 0.3 is 5.97 Å². The summed E-state index contributed by atoms with van der Waals surface area (Å²) in [6.45, 7) is 0. The van der Waals surface area contributed by atoms with Crippen LogP contribution in [-0.4, -0.2) is 33.8 Å². The highest BCUT2D eigenvalue weighted by molar-refractivity contribution is 6.30. The van der Waals surface area contributed by atoms with Crippen LogP contribution in [0.5, 0.6) is 0 Å². The Hall–Kier alpha value is -2.02. The van der Waals surface area contributed by atoms with Crippen LogP contribution in [0, 0.1) is 5.92 Å². The molecular formula is C17H16ClF2N3O2. The number of methoxy groups -OCH3 is 1. The molecule has 0 amide bonds. The zero-order valence-corrected chi connectivity index (χ0v) is 14.3. The summed E-state index contributed by atoms with van der Waals surface area (Å²) >= 11 is 6.11. The number of alkyl halides is 2. The zero-order valence-electron chi connectivity index (χ0n) is 13.5. The second-order valence-electron chi connectivity index (χ2n) is 6.67. The monoisotopic (exact) mass is 367 g/mol. The highest BCUT2D eigenvalue weighted by Crippen LogP contribution is 2.48. The van der Waals surface area contributed by atoms with E-state index >= 15 is 0 Å². The van der Waals surface area contributed by atoms with Crippen molar-refractivity contribution in [2.75, 3.05) is 7.11 Å². The predicted octanol–water partition coefficient (Wildman–Crippen LogP) is 3.32. The molecule has 0 spiro atoms. The molecule has 5 nitrogen and oxygen atoms in total. The van der Waals surface area contributed by atoms with Crippen LogP contribution in [0.15, 0.2) is 18.2 Å². The minimum absolute atomic E-state index is 0.228. The van der Waals surface area contributed by atoms with Crippen molar-refractivity contribution in [1.29, 1.82) is 0 Å². The lowest BCUT2D eigenvalue weighted by Gasteiger charge is -2.34. The standard InChI is InChI=1S/C17H16ClF2N3O2/c1-25-16(24)10-4-9-5-12(18)2-3-13(9)23-14(6-10)21-22-15(23)11-7-17(19,20)8-11/h2-3,5,10-11H,4,6-8H2,1H3.